The van der Waals surface area contributed by atoms with Gasteiger partial charge < -0.3 is 10.2 Å². The Labute approximate surface area is 147 Å². The summed E-state index contributed by atoms with van der Waals surface area (Å²) in [5.41, 5.74) is 1.05. The molecule has 24 heavy (non-hydrogen) atoms. The van der Waals surface area contributed by atoms with Gasteiger partial charge in [0.15, 0.2) is 12.3 Å². The molecule has 5 heteroatoms. The molecule has 1 heterocycles. The van der Waals surface area contributed by atoms with Crippen molar-refractivity contribution in [3.63, 3.8) is 0 Å². The van der Waals surface area contributed by atoms with Crippen molar-refractivity contribution in [1.29, 1.82) is 0 Å². The number of likely N-dealkylation sites (N-methyl/N-ethyl adjacent to an activating group) is 1. The van der Waals surface area contributed by atoms with Crippen LogP contribution in [-0.4, -0.2) is 30.8 Å². The molecule has 1 aromatic heterocycles. The van der Waals surface area contributed by atoms with Gasteiger partial charge in [-0.15, -0.1) is 11.3 Å². The number of thiophene rings is 1. The number of amides is 1. The normalized spacial score (nSPS) is 13.2. The molecule has 2 N–H and O–H groups in total. The van der Waals surface area contributed by atoms with Crippen molar-refractivity contribution < 1.29 is 14.5 Å². The predicted octanol–water partition coefficient (Wildman–Crippen LogP) is 1.47. The van der Waals surface area contributed by atoms with Crippen LogP contribution in [0.2, 0.25) is 0 Å². The predicted molar refractivity (Wildman–Crippen MR) is 97.2 cm³/mol. The molecular formula is C19H25N2O2S+. The van der Waals surface area contributed by atoms with Crippen LogP contribution in [0.25, 0.3) is 0 Å². The van der Waals surface area contributed by atoms with Crippen molar-refractivity contribution >= 4 is 23.0 Å². The third kappa shape index (κ3) is 5.91. The Kier molecular flexibility index (Phi) is 7.15. The molecule has 0 aliphatic heterocycles. The summed E-state index contributed by atoms with van der Waals surface area (Å²) in [5.74, 6) is -0.0805. The van der Waals surface area contributed by atoms with Crippen molar-refractivity contribution in [3.05, 3.63) is 58.3 Å². The van der Waals surface area contributed by atoms with Crippen LogP contribution in [0.5, 0.6) is 0 Å². The minimum atomic E-state index is -0.459. The van der Waals surface area contributed by atoms with Gasteiger partial charge in [-0.05, 0) is 37.3 Å². The number of Topliss-reactive ketones (excluding diaryl/α,β-unsaturated/α-hetero) is 1. The molecule has 4 nitrogen and oxygen atoms in total. The van der Waals surface area contributed by atoms with Gasteiger partial charge in [0.2, 0.25) is 0 Å². The molecule has 0 fully saturated rings. The Balaban J connectivity index is 1.90. The molecule has 0 radical (unpaired) electrons. The number of hydrogen-bond acceptors (Lipinski definition) is 3. The van der Waals surface area contributed by atoms with Gasteiger partial charge in [0.1, 0.15) is 6.54 Å². The number of carbonyl (C=O) groups is 2. The summed E-state index contributed by atoms with van der Waals surface area (Å²) in [6, 6.07) is 13.4. The second kappa shape index (κ2) is 9.35. The van der Waals surface area contributed by atoms with Gasteiger partial charge in [-0.2, -0.15) is 0 Å². The van der Waals surface area contributed by atoms with Gasteiger partial charge in [-0.3, -0.25) is 9.59 Å². The first-order valence-corrected chi connectivity index (χ1v) is 9.16. The van der Waals surface area contributed by atoms with Gasteiger partial charge >= 0.3 is 0 Å². The summed E-state index contributed by atoms with van der Waals surface area (Å²) < 4.78 is 0. The Bertz CT molecular complexity index is 641. The van der Waals surface area contributed by atoms with E-state index < -0.39 is 6.04 Å². The number of ketones is 1. The molecule has 0 saturated heterocycles. The molecule has 2 atom stereocenters. The SMILES string of the molecule is CC[NH+](CC(=O)N[C@H](Cc1ccccc1)C(C)=O)Cc1cccs1. The van der Waals surface area contributed by atoms with E-state index in [4.69, 9.17) is 0 Å². The molecular weight excluding hydrogens is 320 g/mol. The summed E-state index contributed by atoms with van der Waals surface area (Å²) in [7, 11) is 0. The third-order valence-electron chi connectivity index (χ3n) is 4.02. The maximum Gasteiger partial charge on any atom is 0.275 e. The van der Waals surface area contributed by atoms with Crippen LogP contribution in [-0.2, 0) is 22.6 Å². The van der Waals surface area contributed by atoms with Gasteiger partial charge in [0.05, 0.1) is 17.5 Å². The van der Waals surface area contributed by atoms with Crippen LogP contribution in [0.4, 0.5) is 0 Å². The van der Waals surface area contributed by atoms with Crippen LogP contribution < -0.4 is 10.2 Å². The highest BCUT2D eigenvalue weighted by Gasteiger charge is 2.20. The van der Waals surface area contributed by atoms with Gasteiger partial charge in [0.25, 0.3) is 5.91 Å². The first kappa shape index (κ1) is 18.4. The van der Waals surface area contributed by atoms with Crippen LogP contribution in [0.3, 0.4) is 0 Å². The average molecular weight is 345 g/mol. The first-order valence-electron chi connectivity index (χ1n) is 8.28. The minimum absolute atomic E-state index is 0.0106. The topological polar surface area (TPSA) is 50.6 Å². The van der Waals surface area contributed by atoms with E-state index in [2.05, 4.69) is 18.3 Å². The highest BCUT2D eigenvalue weighted by molar-refractivity contribution is 7.09. The van der Waals surface area contributed by atoms with Crippen molar-refractivity contribution in [2.45, 2.75) is 32.9 Å². The largest absolute Gasteiger partial charge is 0.341 e. The molecule has 0 saturated carbocycles. The van der Waals surface area contributed by atoms with Gasteiger partial charge in [-0.25, -0.2) is 0 Å². The molecule has 0 aliphatic carbocycles. The number of rotatable bonds is 9. The number of quaternary nitrogens is 1. The van der Waals surface area contributed by atoms with E-state index in [1.165, 1.54) is 16.7 Å². The van der Waals surface area contributed by atoms with Crippen molar-refractivity contribution in [2.75, 3.05) is 13.1 Å². The lowest BCUT2D eigenvalue weighted by atomic mass is 10.0. The quantitative estimate of drug-likeness (QED) is 0.723. The van der Waals surface area contributed by atoms with E-state index in [-0.39, 0.29) is 11.7 Å². The Morgan fingerprint density at radius 2 is 1.92 bits per heavy atom. The van der Waals surface area contributed by atoms with Crippen LogP contribution in [0, 0.1) is 0 Å². The lowest BCUT2D eigenvalue weighted by molar-refractivity contribution is -0.903. The standard InChI is InChI=1S/C19H24N2O2S/c1-3-21(13-17-10-7-11-24-17)14-19(23)20-18(15(2)22)12-16-8-5-4-6-9-16/h4-11,18H,3,12-14H2,1-2H3,(H,20,23)/p+1/t18-/m1/s1. The van der Waals surface area contributed by atoms with Crippen LogP contribution in [0.15, 0.2) is 47.8 Å². The second-order valence-corrected chi connectivity index (χ2v) is 6.99. The highest BCUT2D eigenvalue weighted by Crippen LogP contribution is 2.06. The maximum absolute atomic E-state index is 12.4. The van der Waals surface area contributed by atoms with E-state index in [0.717, 1.165) is 18.7 Å². The number of nitrogens with one attached hydrogen (secondary N) is 2. The van der Waals surface area contributed by atoms with Crippen LogP contribution in [0.1, 0.15) is 24.3 Å². The maximum atomic E-state index is 12.4. The molecule has 0 bridgehead atoms. The number of carbonyl (C=O) groups excluding carboxylic acids is 2. The van der Waals surface area contributed by atoms with Crippen molar-refractivity contribution in [1.82, 2.24) is 5.32 Å². The zero-order valence-corrected chi connectivity index (χ0v) is 15.1. The minimum Gasteiger partial charge on any atom is -0.341 e. The zero-order valence-electron chi connectivity index (χ0n) is 14.2. The van der Waals surface area contributed by atoms with Crippen molar-refractivity contribution in [3.8, 4) is 0 Å². The average Bonchev–Trinajstić information content (AvgIpc) is 3.07. The Hall–Kier alpha value is -1.98. The smallest absolute Gasteiger partial charge is 0.275 e. The lowest BCUT2D eigenvalue weighted by Gasteiger charge is -2.20. The zero-order chi connectivity index (χ0) is 17.4. The van der Waals surface area contributed by atoms with Gasteiger partial charge in [-0.1, -0.05) is 36.4 Å². The van der Waals surface area contributed by atoms with E-state index in [0.29, 0.717) is 13.0 Å². The van der Waals surface area contributed by atoms with Crippen molar-refractivity contribution in [2.24, 2.45) is 0 Å². The summed E-state index contributed by atoms with van der Waals surface area (Å²) in [5, 5.41) is 4.95. The molecule has 2 rings (SSSR count). The van der Waals surface area contributed by atoms with E-state index in [1.807, 2.05) is 41.8 Å². The van der Waals surface area contributed by atoms with Gasteiger partial charge in [0, 0.05) is 0 Å². The summed E-state index contributed by atoms with van der Waals surface area (Å²) in [4.78, 5) is 26.7. The first-order chi connectivity index (χ1) is 11.6. The monoisotopic (exact) mass is 345 g/mol. The van der Waals surface area contributed by atoms with E-state index in [1.54, 1.807) is 11.3 Å². The molecule has 2 aromatic rings. The molecule has 1 amide bonds. The molecule has 128 valence electrons. The summed E-state index contributed by atoms with van der Waals surface area (Å²) >= 11 is 1.71. The van der Waals surface area contributed by atoms with E-state index >= 15 is 0 Å². The molecule has 1 unspecified atom stereocenters. The van der Waals surface area contributed by atoms with Crippen LogP contribution >= 0.6 is 11.3 Å². The number of benzene rings is 1. The fourth-order valence-electron chi connectivity index (χ4n) is 2.59. The fourth-order valence-corrected chi connectivity index (χ4v) is 3.37. The lowest BCUT2D eigenvalue weighted by Crippen LogP contribution is -3.11. The van der Waals surface area contributed by atoms with E-state index in [9.17, 15) is 9.59 Å². The fraction of sp³-hybridized carbons (Fsp3) is 0.368. The summed E-state index contributed by atoms with van der Waals surface area (Å²) in [6.45, 7) is 5.69. The number of hydrogen-bond donors (Lipinski definition) is 2. The Morgan fingerprint density at radius 3 is 2.50 bits per heavy atom. The molecule has 1 aromatic carbocycles. The third-order valence-corrected chi connectivity index (χ3v) is 4.90. The molecule has 0 aliphatic rings. The Morgan fingerprint density at radius 1 is 1.17 bits per heavy atom. The molecule has 0 spiro atoms. The summed E-state index contributed by atoms with van der Waals surface area (Å²) in [6.07, 6.45) is 0.536. The highest BCUT2D eigenvalue weighted by atomic mass is 32.1. The second-order valence-electron chi connectivity index (χ2n) is 5.96.